The number of nitrogens with two attached hydrogens (primary N) is 1. The Morgan fingerprint density at radius 2 is 2.07 bits per heavy atom. The van der Waals surface area contributed by atoms with E-state index in [1.807, 2.05) is 0 Å². The Hall–Kier alpha value is -0.120. The Balaban J connectivity index is 2.27. The van der Waals surface area contributed by atoms with Crippen LogP contribution >= 0.6 is 0 Å². The van der Waals surface area contributed by atoms with Gasteiger partial charge in [0.05, 0.1) is 0 Å². The normalized spacial score (nSPS) is 21.4. The van der Waals surface area contributed by atoms with Gasteiger partial charge in [0.15, 0.2) is 0 Å². The van der Waals surface area contributed by atoms with Crippen LogP contribution < -0.4 is 5.73 Å². The predicted molar refractivity (Wildman–Crippen MR) is 59.3 cm³/mol. The zero-order valence-corrected chi connectivity index (χ0v) is 9.54. The van der Waals surface area contributed by atoms with Crippen molar-refractivity contribution in [3.63, 3.8) is 0 Å². The second-order valence-electron chi connectivity index (χ2n) is 4.29. The fourth-order valence-electron chi connectivity index (χ4n) is 2.05. The molecule has 0 aromatic carbocycles. The van der Waals surface area contributed by atoms with Crippen LogP contribution in [0.25, 0.3) is 0 Å². The summed E-state index contributed by atoms with van der Waals surface area (Å²) in [6.07, 6.45) is 3.54. The summed E-state index contributed by atoms with van der Waals surface area (Å²) in [5, 5.41) is 0. The summed E-state index contributed by atoms with van der Waals surface area (Å²) in [5.74, 6) is 0.655. The Bertz CT molecular complexity index is 142. The van der Waals surface area contributed by atoms with Crippen molar-refractivity contribution >= 4 is 0 Å². The Labute approximate surface area is 87.6 Å². The van der Waals surface area contributed by atoms with Crippen LogP contribution in [0.4, 0.5) is 0 Å². The third kappa shape index (κ3) is 3.56. The van der Waals surface area contributed by atoms with Crippen molar-refractivity contribution in [3.8, 4) is 0 Å². The highest BCUT2D eigenvalue weighted by Gasteiger charge is 2.19. The Morgan fingerprint density at radius 3 is 2.57 bits per heavy atom. The molecular weight excluding hydrogens is 176 g/mol. The van der Waals surface area contributed by atoms with Gasteiger partial charge in [-0.25, -0.2) is 0 Å². The maximum Gasteiger partial charge on any atom is 0.0480 e. The van der Waals surface area contributed by atoms with Gasteiger partial charge in [0.25, 0.3) is 0 Å². The molecule has 0 aliphatic carbocycles. The number of ether oxygens (including phenoxy) is 1. The van der Waals surface area contributed by atoms with Gasteiger partial charge in [0.2, 0.25) is 0 Å². The molecule has 1 saturated heterocycles. The predicted octanol–water partition coefficient (Wildman–Crippen LogP) is 1.08. The molecule has 0 spiro atoms. The van der Waals surface area contributed by atoms with E-state index in [9.17, 15) is 0 Å². The molecule has 1 unspecified atom stereocenters. The van der Waals surface area contributed by atoms with E-state index in [0.717, 1.165) is 26.3 Å². The molecule has 1 fully saturated rings. The molecule has 14 heavy (non-hydrogen) atoms. The monoisotopic (exact) mass is 200 g/mol. The molecule has 1 heterocycles. The first-order valence-corrected chi connectivity index (χ1v) is 5.76. The topological polar surface area (TPSA) is 38.5 Å². The van der Waals surface area contributed by atoms with E-state index >= 15 is 0 Å². The third-order valence-electron chi connectivity index (χ3n) is 3.27. The number of rotatable bonds is 5. The summed E-state index contributed by atoms with van der Waals surface area (Å²) in [6, 6.07) is 0.712. The van der Waals surface area contributed by atoms with E-state index in [1.165, 1.54) is 19.3 Å². The fraction of sp³-hybridized carbons (Fsp3) is 1.00. The molecule has 2 N–H and O–H groups in total. The summed E-state index contributed by atoms with van der Waals surface area (Å²) in [6.45, 7) is 6.01. The molecule has 3 nitrogen and oxygen atoms in total. The molecule has 0 amide bonds. The molecule has 0 bridgehead atoms. The first-order valence-electron chi connectivity index (χ1n) is 5.76. The summed E-state index contributed by atoms with van der Waals surface area (Å²) in [4.78, 5) is 2.46. The lowest BCUT2D eigenvalue weighted by atomic mass is 10.0. The standard InChI is InChI=1S/C11H24N2O/c1-3-10(8-12)9-13(2)11-4-6-14-7-5-11/h10-11H,3-9,12H2,1-2H3. The van der Waals surface area contributed by atoms with Gasteiger partial charge in [-0.15, -0.1) is 0 Å². The molecule has 0 saturated carbocycles. The zero-order chi connectivity index (χ0) is 10.4. The molecular formula is C11H24N2O. The maximum absolute atomic E-state index is 5.71. The van der Waals surface area contributed by atoms with Crippen LogP contribution in [0, 0.1) is 5.92 Å². The van der Waals surface area contributed by atoms with Crippen LogP contribution in [0.5, 0.6) is 0 Å². The average Bonchev–Trinajstić information content (AvgIpc) is 2.26. The highest BCUT2D eigenvalue weighted by atomic mass is 16.5. The first kappa shape index (κ1) is 12.0. The van der Waals surface area contributed by atoms with Gasteiger partial charge in [-0.05, 0) is 32.4 Å². The minimum atomic E-state index is 0.655. The van der Waals surface area contributed by atoms with Gasteiger partial charge in [0, 0.05) is 25.8 Å². The molecule has 0 aromatic rings. The van der Waals surface area contributed by atoms with Gasteiger partial charge < -0.3 is 15.4 Å². The summed E-state index contributed by atoms with van der Waals surface area (Å²) in [7, 11) is 2.22. The number of hydrogen-bond donors (Lipinski definition) is 1. The average molecular weight is 200 g/mol. The molecule has 1 rings (SSSR count). The molecule has 1 atom stereocenters. The van der Waals surface area contributed by atoms with Crippen molar-refractivity contribution in [2.75, 3.05) is 33.4 Å². The Morgan fingerprint density at radius 1 is 1.43 bits per heavy atom. The summed E-state index contributed by atoms with van der Waals surface area (Å²) < 4.78 is 5.36. The quantitative estimate of drug-likeness (QED) is 0.722. The van der Waals surface area contributed by atoms with Crippen molar-refractivity contribution in [1.82, 2.24) is 4.90 Å². The van der Waals surface area contributed by atoms with Gasteiger partial charge in [-0.2, -0.15) is 0 Å². The largest absolute Gasteiger partial charge is 0.381 e. The van der Waals surface area contributed by atoms with Crippen molar-refractivity contribution in [1.29, 1.82) is 0 Å². The van der Waals surface area contributed by atoms with Gasteiger partial charge in [0.1, 0.15) is 0 Å². The highest BCUT2D eigenvalue weighted by molar-refractivity contribution is 4.74. The molecule has 1 aliphatic rings. The smallest absolute Gasteiger partial charge is 0.0480 e. The van der Waals surface area contributed by atoms with Crippen LogP contribution in [0.2, 0.25) is 0 Å². The lowest BCUT2D eigenvalue weighted by molar-refractivity contribution is 0.0384. The van der Waals surface area contributed by atoms with Gasteiger partial charge in [-0.3, -0.25) is 0 Å². The summed E-state index contributed by atoms with van der Waals surface area (Å²) in [5.41, 5.74) is 5.71. The lowest BCUT2D eigenvalue weighted by Crippen LogP contribution is -2.40. The highest BCUT2D eigenvalue weighted by Crippen LogP contribution is 2.14. The van der Waals surface area contributed by atoms with Crippen LogP contribution in [-0.2, 0) is 4.74 Å². The molecule has 3 heteroatoms. The van der Waals surface area contributed by atoms with E-state index in [1.54, 1.807) is 0 Å². The maximum atomic E-state index is 5.71. The zero-order valence-electron chi connectivity index (χ0n) is 9.54. The lowest BCUT2D eigenvalue weighted by Gasteiger charge is -2.33. The first-order chi connectivity index (χ1) is 6.77. The van der Waals surface area contributed by atoms with E-state index < -0.39 is 0 Å². The number of nitrogens with zero attached hydrogens (tertiary/aromatic N) is 1. The van der Waals surface area contributed by atoms with Crippen LogP contribution in [0.3, 0.4) is 0 Å². The number of hydrogen-bond acceptors (Lipinski definition) is 3. The van der Waals surface area contributed by atoms with Gasteiger partial charge in [-0.1, -0.05) is 13.3 Å². The van der Waals surface area contributed by atoms with E-state index in [-0.39, 0.29) is 0 Å². The minimum absolute atomic E-state index is 0.655. The van der Waals surface area contributed by atoms with Crippen LogP contribution in [0.1, 0.15) is 26.2 Å². The SMILES string of the molecule is CCC(CN)CN(C)C1CCOCC1. The van der Waals surface area contributed by atoms with E-state index in [4.69, 9.17) is 10.5 Å². The molecule has 84 valence electrons. The minimum Gasteiger partial charge on any atom is -0.381 e. The van der Waals surface area contributed by atoms with Crippen molar-refractivity contribution < 1.29 is 4.74 Å². The van der Waals surface area contributed by atoms with Crippen LogP contribution in [0.15, 0.2) is 0 Å². The second-order valence-corrected chi connectivity index (χ2v) is 4.29. The molecule has 1 aliphatic heterocycles. The van der Waals surface area contributed by atoms with Crippen molar-refractivity contribution in [2.45, 2.75) is 32.2 Å². The van der Waals surface area contributed by atoms with Crippen molar-refractivity contribution in [2.24, 2.45) is 11.7 Å². The van der Waals surface area contributed by atoms with Crippen molar-refractivity contribution in [3.05, 3.63) is 0 Å². The molecule has 0 aromatic heterocycles. The van der Waals surface area contributed by atoms with Crippen LogP contribution in [-0.4, -0.2) is 44.3 Å². The fourth-order valence-corrected chi connectivity index (χ4v) is 2.05. The van der Waals surface area contributed by atoms with E-state index in [2.05, 4.69) is 18.9 Å². The second kappa shape index (κ2) is 6.38. The molecule has 0 radical (unpaired) electrons. The van der Waals surface area contributed by atoms with E-state index in [0.29, 0.717) is 12.0 Å². The van der Waals surface area contributed by atoms with Gasteiger partial charge >= 0.3 is 0 Å². The Kier molecular flexibility index (Phi) is 5.45. The third-order valence-corrected chi connectivity index (χ3v) is 3.27. The summed E-state index contributed by atoms with van der Waals surface area (Å²) >= 11 is 0.